The van der Waals surface area contributed by atoms with Gasteiger partial charge in [0.1, 0.15) is 18.0 Å². The molecule has 1 fully saturated rings. The zero-order chi connectivity index (χ0) is 28.5. The number of nitrogens with one attached hydrogen (secondary N) is 1. The quantitative estimate of drug-likeness (QED) is 0.279. The Morgan fingerprint density at radius 3 is 2.46 bits per heavy atom. The number of carbonyl (C=O) groups is 1. The van der Waals surface area contributed by atoms with Crippen molar-refractivity contribution in [3.05, 3.63) is 58.6 Å². The molecule has 1 amide bonds. The van der Waals surface area contributed by atoms with Crippen LogP contribution in [0.3, 0.4) is 0 Å². The fourth-order valence-corrected chi connectivity index (χ4v) is 6.25. The van der Waals surface area contributed by atoms with E-state index in [2.05, 4.69) is 48.7 Å². The Morgan fingerprint density at radius 1 is 1.21 bits per heavy atom. The van der Waals surface area contributed by atoms with E-state index in [-0.39, 0.29) is 42.9 Å². The molecule has 2 unspecified atom stereocenters. The molecule has 1 aliphatic heterocycles. The van der Waals surface area contributed by atoms with Gasteiger partial charge < -0.3 is 23.8 Å². The third kappa shape index (κ3) is 7.70. The zero-order valence-electron chi connectivity index (χ0n) is 23.3. The maximum atomic E-state index is 13.2. The van der Waals surface area contributed by atoms with Crippen molar-refractivity contribution in [2.45, 2.75) is 84.1 Å². The standard InChI is InChI=1S/C27H38N5O6P/c1-7-21-23(35-6)24(38-39(36-17-11-15-28)32(18(2)3)19(4)5)26(37-21)31-16-14-22(30-27(31)34)29-25(33)20-12-9-8-10-13-20/h8-10,12-14,16,18-19,21,23-24,26H,7,11,17H2,1-6H3,(H,29,30,33,34)/t21-,23?,24+,26-,39?/m1/s1. The van der Waals surface area contributed by atoms with E-state index in [1.165, 1.54) is 10.8 Å². The van der Waals surface area contributed by atoms with Crippen LogP contribution in [0.5, 0.6) is 0 Å². The van der Waals surface area contributed by atoms with Crippen LogP contribution in [0.4, 0.5) is 5.82 Å². The fourth-order valence-electron chi connectivity index (χ4n) is 4.51. The maximum Gasteiger partial charge on any atom is 0.351 e. The first kappa shape index (κ1) is 30.8. The average molecular weight is 560 g/mol. The van der Waals surface area contributed by atoms with Crippen molar-refractivity contribution in [2.24, 2.45) is 0 Å². The smallest absolute Gasteiger partial charge is 0.351 e. The van der Waals surface area contributed by atoms with Crippen molar-refractivity contribution >= 4 is 20.3 Å². The lowest BCUT2D eigenvalue weighted by molar-refractivity contribution is -0.0378. The van der Waals surface area contributed by atoms with Gasteiger partial charge in [0, 0.05) is 31.0 Å². The van der Waals surface area contributed by atoms with E-state index in [0.717, 1.165) is 0 Å². The van der Waals surface area contributed by atoms with Crippen LogP contribution >= 0.6 is 8.53 Å². The molecule has 0 radical (unpaired) electrons. The van der Waals surface area contributed by atoms with Crippen molar-refractivity contribution in [3.63, 3.8) is 0 Å². The average Bonchev–Trinajstić information content (AvgIpc) is 3.25. The molecule has 212 valence electrons. The number of nitriles is 1. The zero-order valence-corrected chi connectivity index (χ0v) is 24.2. The monoisotopic (exact) mass is 559 g/mol. The van der Waals surface area contributed by atoms with E-state index < -0.39 is 32.7 Å². The van der Waals surface area contributed by atoms with E-state index in [4.69, 9.17) is 23.8 Å². The number of amides is 1. The van der Waals surface area contributed by atoms with Gasteiger partial charge in [0.2, 0.25) is 0 Å². The van der Waals surface area contributed by atoms with Gasteiger partial charge in [-0.1, -0.05) is 25.1 Å². The first-order valence-electron chi connectivity index (χ1n) is 13.1. The van der Waals surface area contributed by atoms with Crippen LogP contribution < -0.4 is 11.0 Å². The minimum atomic E-state index is -1.62. The number of ether oxygens (including phenoxy) is 2. The number of rotatable bonds is 13. The molecule has 12 heteroatoms. The van der Waals surface area contributed by atoms with Crippen LogP contribution in [0.2, 0.25) is 0 Å². The van der Waals surface area contributed by atoms with Crippen LogP contribution in [0, 0.1) is 11.3 Å². The minimum Gasteiger partial charge on any atom is -0.376 e. The van der Waals surface area contributed by atoms with Gasteiger partial charge in [-0.05, 0) is 52.3 Å². The Bertz CT molecular complexity index is 1160. The summed E-state index contributed by atoms with van der Waals surface area (Å²) >= 11 is 0. The molecule has 1 aromatic heterocycles. The number of carbonyl (C=O) groups excluding carboxylic acids is 1. The lowest BCUT2D eigenvalue weighted by atomic mass is 10.1. The second-order valence-electron chi connectivity index (χ2n) is 9.61. The molecule has 11 nitrogen and oxygen atoms in total. The summed E-state index contributed by atoms with van der Waals surface area (Å²) < 4.78 is 28.3. The van der Waals surface area contributed by atoms with Gasteiger partial charge in [-0.25, -0.2) is 9.46 Å². The van der Waals surface area contributed by atoms with Crippen molar-refractivity contribution in [2.75, 3.05) is 19.0 Å². The summed E-state index contributed by atoms with van der Waals surface area (Å²) in [5.41, 5.74) is -0.153. The second-order valence-corrected chi connectivity index (χ2v) is 11.0. The predicted molar refractivity (Wildman–Crippen MR) is 148 cm³/mol. The van der Waals surface area contributed by atoms with Crippen molar-refractivity contribution < 1.29 is 23.3 Å². The number of aromatic nitrogens is 2. The first-order chi connectivity index (χ1) is 18.7. The summed E-state index contributed by atoms with van der Waals surface area (Å²) in [6.45, 7) is 10.4. The number of benzene rings is 1. The van der Waals surface area contributed by atoms with E-state index in [0.29, 0.717) is 12.0 Å². The minimum absolute atomic E-state index is 0.0961. The Balaban J connectivity index is 1.91. The number of nitrogens with zero attached hydrogens (tertiary/aromatic N) is 4. The molecule has 1 aromatic carbocycles. The molecule has 39 heavy (non-hydrogen) atoms. The summed E-state index contributed by atoms with van der Waals surface area (Å²) in [5, 5.41) is 11.7. The normalized spacial score (nSPS) is 21.8. The fraction of sp³-hybridized carbons (Fsp3) is 0.556. The van der Waals surface area contributed by atoms with Gasteiger partial charge in [-0.3, -0.25) is 9.36 Å². The molecule has 5 atom stereocenters. The Kier molecular flexibility index (Phi) is 11.5. The topological polar surface area (TPSA) is 128 Å². The molecule has 0 aliphatic carbocycles. The highest BCUT2D eigenvalue weighted by atomic mass is 31.2. The van der Waals surface area contributed by atoms with Gasteiger partial charge in [0.05, 0.1) is 25.2 Å². The number of anilines is 1. The summed E-state index contributed by atoms with van der Waals surface area (Å²) in [7, 11) is -0.0395. The summed E-state index contributed by atoms with van der Waals surface area (Å²) in [6, 6.07) is 12.5. The summed E-state index contributed by atoms with van der Waals surface area (Å²) in [5.74, 6) is -0.240. The Morgan fingerprint density at radius 2 is 1.90 bits per heavy atom. The molecule has 1 aliphatic rings. The van der Waals surface area contributed by atoms with Gasteiger partial charge in [-0.2, -0.15) is 10.2 Å². The number of methoxy groups -OCH3 is 1. The molecule has 0 saturated carbocycles. The van der Waals surface area contributed by atoms with Gasteiger partial charge >= 0.3 is 5.69 Å². The number of hydrogen-bond acceptors (Lipinski definition) is 9. The summed E-state index contributed by atoms with van der Waals surface area (Å²) in [4.78, 5) is 29.8. The van der Waals surface area contributed by atoms with Crippen molar-refractivity contribution in [1.82, 2.24) is 14.2 Å². The van der Waals surface area contributed by atoms with Crippen molar-refractivity contribution in [1.29, 1.82) is 5.26 Å². The third-order valence-electron chi connectivity index (χ3n) is 6.22. The molecular formula is C27H38N5O6P. The van der Waals surface area contributed by atoms with Crippen LogP contribution in [-0.4, -0.2) is 64.2 Å². The van der Waals surface area contributed by atoms with Crippen LogP contribution in [-0.2, 0) is 18.5 Å². The van der Waals surface area contributed by atoms with Gasteiger partial charge in [-0.15, -0.1) is 0 Å². The highest BCUT2D eigenvalue weighted by Gasteiger charge is 2.49. The van der Waals surface area contributed by atoms with Gasteiger partial charge in [0.25, 0.3) is 14.4 Å². The molecule has 0 spiro atoms. The second kappa shape index (κ2) is 14.6. The molecule has 2 aromatic rings. The number of hydrogen-bond donors (Lipinski definition) is 1. The highest BCUT2D eigenvalue weighted by molar-refractivity contribution is 7.44. The van der Waals surface area contributed by atoms with E-state index in [1.807, 2.05) is 13.0 Å². The Labute approximate surface area is 231 Å². The lowest BCUT2D eigenvalue weighted by Gasteiger charge is -2.38. The van der Waals surface area contributed by atoms with Gasteiger partial charge in [0.15, 0.2) is 6.23 Å². The van der Waals surface area contributed by atoms with E-state index in [1.54, 1.807) is 37.4 Å². The van der Waals surface area contributed by atoms with Crippen LogP contribution in [0.15, 0.2) is 47.4 Å². The molecule has 1 saturated heterocycles. The molecule has 0 bridgehead atoms. The third-order valence-corrected chi connectivity index (χ3v) is 8.34. The van der Waals surface area contributed by atoms with E-state index >= 15 is 0 Å². The van der Waals surface area contributed by atoms with Crippen LogP contribution in [0.1, 0.15) is 64.0 Å². The lowest BCUT2D eigenvalue weighted by Crippen LogP contribution is -2.41. The maximum absolute atomic E-state index is 13.2. The molecule has 1 N–H and O–H groups in total. The van der Waals surface area contributed by atoms with Crippen LogP contribution in [0.25, 0.3) is 0 Å². The summed E-state index contributed by atoms with van der Waals surface area (Å²) in [6.07, 6.45) is 0.0344. The SMILES string of the molecule is CC[C@H]1O[C@@H](n2ccc(NC(=O)c3ccccc3)nc2=O)[C@@H](OP(OCCC#N)N(C(C)C)C(C)C)C1OC. The molecule has 2 heterocycles. The molecular weight excluding hydrogens is 521 g/mol. The van der Waals surface area contributed by atoms with Crippen molar-refractivity contribution in [3.8, 4) is 6.07 Å². The van der Waals surface area contributed by atoms with E-state index in [9.17, 15) is 9.59 Å². The predicted octanol–water partition coefficient (Wildman–Crippen LogP) is 4.48. The largest absolute Gasteiger partial charge is 0.376 e. The molecule has 3 rings (SSSR count). The highest BCUT2D eigenvalue weighted by Crippen LogP contribution is 2.51. The first-order valence-corrected chi connectivity index (χ1v) is 14.2. The Hall–Kier alpha value is -2.71.